The normalized spacial score (nSPS) is 12.9. The maximum atomic E-state index is 10.7. The summed E-state index contributed by atoms with van der Waals surface area (Å²) in [5.41, 5.74) is 1.45. The quantitative estimate of drug-likeness (QED) is 0.766. The minimum Gasteiger partial charge on any atom is -0.481 e. The Morgan fingerprint density at radius 2 is 2.36 bits per heavy atom. The van der Waals surface area contributed by atoms with E-state index in [0.717, 1.165) is 5.56 Å². The lowest BCUT2D eigenvalue weighted by Gasteiger charge is -2.05. The molecule has 0 bridgehead atoms. The molecule has 72 valence electrons. The Labute approximate surface area is 80.0 Å². The number of carboxylic acids is 1. The molecule has 0 spiro atoms. The fourth-order valence-electron chi connectivity index (χ4n) is 1.24. The van der Waals surface area contributed by atoms with E-state index >= 15 is 0 Å². The fourth-order valence-corrected chi connectivity index (χ4v) is 1.24. The minimum absolute atomic E-state index is 0.512. The Balaban J connectivity index is 2.48. The van der Waals surface area contributed by atoms with E-state index in [1.807, 2.05) is 0 Å². The summed E-state index contributed by atoms with van der Waals surface area (Å²) in [6.07, 6.45) is 3.28. The van der Waals surface area contributed by atoms with Crippen molar-refractivity contribution in [1.29, 1.82) is 0 Å². The van der Waals surface area contributed by atoms with E-state index in [0.29, 0.717) is 5.65 Å². The van der Waals surface area contributed by atoms with Crippen LogP contribution in [0.4, 0.5) is 0 Å². The molecule has 2 aromatic heterocycles. The molecule has 1 N–H and O–H groups in total. The third-order valence-electron chi connectivity index (χ3n) is 2.18. The molecule has 0 saturated heterocycles. The number of fused-ring (bicyclic) bond motifs is 1. The highest BCUT2D eigenvalue weighted by Crippen LogP contribution is 2.15. The molecule has 2 rings (SSSR count). The molecule has 0 fully saturated rings. The molecule has 14 heavy (non-hydrogen) atoms. The van der Waals surface area contributed by atoms with E-state index in [9.17, 15) is 4.79 Å². The van der Waals surface area contributed by atoms with Crippen LogP contribution in [0, 0.1) is 0 Å². The summed E-state index contributed by atoms with van der Waals surface area (Å²) in [6, 6.07) is 3.50. The number of carbonyl (C=O) groups is 1. The van der Waals surface area contributed by atoms with Gasteiger partial charge in [0.1, 0.15) is 6.33 Å². The Bertz CT molecular complexity index is 478. The van der Waals surface area contributed by atoms with Crippen molar-refractivity contribution in [3.8, 4) is 0 Å². The second kappa shape index (κ2) is 3.10. The average molecular weight is 191 g/mol. The van der Waals surface area contributed by atoms with Gasteiger partial charge in [-0.25, -0.2) is 0 Å². The Morgan fingerprint density at radius 1 is 1.57 bits per heavy atom. The van der Waals surface area contributed by atoms with E-state index in [1.54, 1.807) is 36.0 Å². The van der Waals surface area contributed by atoms with Crippen LogP contribution in [-0.2, 0) is 4.79 Å². The lowest BCUT2D eigenvalue weighted by atomic mass is 10.0. The molecule has 0 aliphatic carbocycles. The third kappa shape index (κ3) is 1.32. The zero-order valence-corrected chi connectivity index (χ0v) is 7.58. The molecule has 2 heterocycles. The largest absolute Gasteiger partial charge is 0.481 e. The van der Waals surface area contributed by atoms with Crippen molar-refractivity contribution < 1.29 is 9.90 Å². The first-order valence-corrected chi connectivity index (χ1v) is 4.20. The lowest BCUT2D eigenvalue weighted by Crippen LogP contribution is -2.07. The van der Waals surface area contributed by atoms with Gasteiger partial charge >= 0.3 is 5.97 Å². The SMILES string of the molecule is CC(C(=O)O)c1ccc2nncn2c1. The summed E-state index contributed by atoms with van der Waals surface area (Å²) in [6.45, 7) is 1.65. The number of carboxylic acid groups (broad SMARTS) is 1. The second-order valence-corrected chi connectivity index (χ2v) is 3.12. The summed E-state index contributed by atoms with van der Waals surface area (Å²) in [5.74, 6) is -1.35. The molecular weight excluding hydrogens is 182 g/mol. The van der Waals surface area contributed by atoms with Gasteiger partial charge in [-0.05, 0) is 18.6 Å². The Hall–Kier alpha value is -1.91. The molecule has 0 aliphatic rings. The van der Waals surface area contributed by atoms with E-state index in [2.05, 4.69) is 10.2 Å². The standard InChI is InChI=1S/C9H9N3O2/c1-6(9(13)14)7-2-3-8-11-10-5-12(8)4-7/h2-6H,1H3,(H,13,14). The number of pyridine rings is 1. The Kier molecular flexibility index (Phi) is 1.92. The highest BCUT2D eigenvalue weighted by atomic mass is 16.4. The van der Waals surface area contributed by atoms with Gasteiger partial charge in [0.2, 0.25) is 0 Å². The second-order valence-electron chi connectivity index (χ2n) is 3.12. The Morgan fingerprint density at radius 3 is 3.07 bits per heavy atom. The van der Waals surface area contributed by atoms with Gasteiger partial charge in [0.15, 0.2) is 5.65 Å². The summed E-state index contributed by atoms with van der Waals surface area (Å²) < 4.78 is 1.70. The lowest BCUT2D eigenvalue weighted by molar-refractivity contribution is -0.138. The number of rotatable bonds is 2. The van der Waals surface area contributed by atoms with Crippen LogP contribution in [0.25, 0.3) is 5.65 Å². The van der Waals surface area contributed by atoms with Gasteiger partial charge in [-0.1, -0.05) is 6.07 Å². The first kappa shape index (κ1) is 8.68. The topological polar surface area (TPSA) is 67.5 Å². The third-order valence-corrected chi connectivity index (χ3v) is 2.18. The van der Waals surface area contributed by atoms with Crippen LogP contribution in [-0.4, -0.2) is 25.7 Å². The van der Waals surface area contributed by atoms with Crippen molar-refractivity contribution in [2.75, 3.05) is 0 Å². The van der Waals surface area contributed by atoms with Crippen LogP contribution < -0.4 is 0 Å². The van der Waals surface area contributed by atoms with Crippen LogP contribution >= 0.6 is 0 Å². The summed E-state index contributed by atoms with van der Waals surface area (Å²) in [4.78, 5) is 10.7. The van der Waals surface area contributed by atoms with Crippen LogP contribution in [0.1, 0.15) is 18.4 Å². The molecule has 0 radical (unpaired) electrons. The molecule has 0 amide bonds. The zero-order chi connectivity index (χ0) is 10.1. The summed E-state index contributed by atoms with van der Waals surface area (Å²) >= 11 is 0. The maximum Gasteiger partial charge on any atom is 0.310 e. The molecule has 5 nitrogen and oxygen atoms in total. The highest BCUT2D eigenvalue weighted by Gasteiger charge is 2.13. The van der Waals surface area contributed by atoms with Gasteiger partial charge in [-0.3, -0.25) is 9.20 Å². The van der Waals surface area contributed by atoms with Crippen molar-refractivity contribution in [3.63, 3.8) is 0 Å². The van der Waals surface area contributed by atoms with Gasteiger partial charge < -0.3 is 5.11 Å². The molecule has 0 aliphatic heterocycles. The predicted octanol–water partition coefficient (Wildman–Crippen LogP) is 0.917. The number of hydrogen-bond donors (Lipinski definition) is 1. The van der Waals surface area contributed by atoms with Crippen LogP contribution in [0.2, 0.25) is 0 Å². The molecule has 1 atom stereocenters. The number of aromatic nitrogens is 3. The van der Waals surface area contributed by atoms with E-state index in [1.165, 1.54) is 0 Å². The fraction of sp³-hybridized carbons (Fsp3) is 0.222. The van der Waals surface area contributed by atoms with Gasteiger partial charge in [0.25, 0.3) is 0 Å². The van der Waals surface area contributed by atoms with Gasteiger partial charge in [0, 0.05) is 6.20 Å². The van der Waals surface area contributed by atoms with Crippen molar-refractivity contribution in [3.05, 3.63) is 30.2 Å². The van der Waals surface area contributed by atoms with Gasteiger partial charge in [0.05, 0.1) is 5.92 Å². The van der Waals surface area contributed by atoms with E-state index < -0.39 is 11.9 Å². The molecule has 0 saturated carbocycles. The first-order chi connectivity index (χ1) is 6.68. The summed E-state index contributed by atoms with van der Waals surface area (Å²) in [7, 11) is 0. The summed E-state index contributed by atoms with van der Waals surface area (Å²) in [5, 5.41) is 16.4. The van der Waals surface area contributed by atoms with Crippen molar-refractivity contribution in [2.45, 2.75) is 12.8 Å². The van der Waals surface area contributed by atoms with Crippen LogP contribution in [0.15, 0.2) is 24.7 Å². The van der Waals surface area contributed by atoms with Crippen molar-refractivity contribution in [1.82, 2.24) is 14.6 Å². The van der Waals surface area contributed by atoms with Crippen LogP contribution in [0.3, 0.4) is 0 Å². The smallest absolute Gasteiger partial charge is 0.310 e. The molecule has 0 aromatic carbocycles. The molecule has 1 unspecified atom stereocenters. The molecular formula is C9H9N3O2. The van der Waals surface area contributed by atoms with Crippen molar-refractivity contribution in [2.24, 2.45) is 0 Å². The first-order valence-electron chi connectivity index (χ1n) is 4.20. The highest BCUT2D eigenvalue weighted by molar-refractivity contribution is 5.75. The van der Waals surface area contributed by atoms with E-state index in [4.69, 9.17) is 5.11 Å². The van der Waals surface area contributed by atoms with Crippen molar-refractivity contribution >= 4 is 11.6 Å². The number of hydrogen-bond acceptors (Lipinski definition) is 3. The average Bonchev–Trinajstić information content (AvgIpc) is 2.62. The maximum absolute atomic E-state index is 10.7. The van der Waals surface area contributed by atoms with E-state index in [-0.39, 0.29) is 0 Å². The monoisotopic (exact) mass is 191 g/mol. The van der Waals surface area contributed by atoms with Crippen LogP contribution in [0.5, 0.6) is 0 Å². The van der Waals surface area contributed by atoms with Gasteiger partial charge in [-0.15, -0.1) is 10.2 Å². The predicted molar refractivity (Wildman–Crippen MR) is 49.0 cm³/mol. The number of aliphatic carboxylic acids is 1. The minimum atomic E-state index is -0.836. The number of nitrogens with zero attached hydrogens (tertiary/aromatic N) is 3. The van der Waals surface area contributed by atoms with Gasteiger partial charge in [-0.2, -0.15) is 0 Å². The molecule has 2 aromatic rings. The molecule has 5 heteroatoms. The zero-order valence-electron chi connectivity index (χ0n) is 7.58.